The molecule has 20 nitrogen and oxygen atoms in total. The van der Waals surface area contributed by atoms with Crippen molar-refractivity contribution in [3.05, 3.63) is 0 Å². The first-order valence-electron chi connectivity index (χ1n) is 49.0. The highest BCUT2D eigenvalue weighted by Crippen LogP contribution is 2.59. The number of rotatable bonds is 1. The molecule has 9 heterocycles. The zero-order chi connectivity index (χ0) is 90.5. The maximum absolute atomic E-state index is 9.99. The van der Waals surface area contributed by atoms with Gasteiger partial charge < -0.3 is 57.4 Å². The summed E-state index contributed by atoms with van der Waals surface area (Å²) in [6.45, 7) is 91.1. The number of fused-ring (bicyclic) bond motifs is 7. The van der Waals surface area contributed by atoms with Crippen LogP contribution in [0.15, 0.2) is 0 Å². The molecule has 0 aromatic carbocycles. The summed E-state index contributed by atoms with van der Waals surface area (Å²) in [5.41, 5.74) is 15.1. The molecule has 9 aliphatic heterocycles. The zero-order valence-corrected chi connectivity index (χ0v) is 83.5. The van der Waals surface area contributed by atoms with E-state index in [1.165, 1.54) is 84.6 Å². The fourth-order valence-electron chi connectivity index (χ4n) is 21.4. The Kier molecular flexibility index (Phi) is 34.9. The lowest BCUT2D eigenvalue weighted by Gasteiger charge is -2.35. The van der Waals surface area contributed by atoms with Crippen molar-refractivity contribution in [2.24, 2.45) is 105 Å². The number of nitrogens with two attached hydrogens (primary N) is 2. The van der Waals surface area contributed by atoms with Crippen molar-refractivity contribution < 1.29 is 46.0 Å². The van der Waals surface area contributed by atoms with Crippen LogP contribution in [0.5, 0.6) is 0 Å². The van der Waals surface area contributed by atoms with Gasteiger partial charge in [0.05, 0.1) is 48.3 Å². The highest BCUT2D eigenvalue weighted by Gasteiger charge is 2.60. The number of piperidine rings is 5. The lowest BCUT2D eigenvalue weighted by atomic mass is 9.76. The quantitative estimate of drug-likeness (QED) is 0.109. The SMILES string of the molecule is CC(C)(C)C1CCC(N)C(O)CC1.CC(C)(C)N1CC2C(CO)C2C1.CC(C)(C)N1CC2C(N)C2C1.CC(C)(C)N1CC2C(O)C2C1.CC(C)(C)N1CC2CC2C1.CC(C)(C)N1CCC(O)C2CC2C1.CC(C)(C)N1CCCC2(O)CC2C1.CC(C)(C)N1CC[C@@H](O)[C@@H](O)CC1.CC(C)(C)N1CC[C@@H](O)[C@H](O)CC1.CC12CC1CN(C(C)(C)C)C2. The second-order valence-corrected chi connectivity index (χ2v) is 52.1. The summed E-state index contributed by atoms with van der Waals surface area (Å²) >= 11 is 0. The standard InChI is InChI=1S/2C11H21NO.C11H23NO.2C10H21NO2.C10H19NO.C10H19N.C9H18N2.C9H17NO.C9H17N/c1-11(2,3)12-5-4-10(13)9-6-8(9)7-12;1-10(2,3)12-6-4-5-11(13)7-9(11)8-12;1-11(2,3)8-4-6-9(12)10(13)7-5-8;2*1-10(2,3)11-6-4-8(12)9(13)5-7-11;1-10(2,3)11-4-7-8(5-11)9(7)6-12;1-9(2,3)11-6-8-5-10(8,4)7-11;1-9(2,3)11-4-6-7(5-11)8(6)10;1-9(2,3)10-4-6-7(5-10)8(6)11;1-9(2,3)10-5-7-4-8(7)6-10/h8-10,13H,4-7H2,1-3H3;9,13H,4-8H2,1-3H3;8-10,13H,4-7,12H2,1-3H3;2*8-9,12-13H,4-7H2,1-3H3;7-9,12H,4-6H2,1-3H3;8H,5-7H2,1-4H3;6-8H,4-5,10H2,1-3H3;6-8,11H,4-5H2,1-3H3;7-8H,4-6H2,1-3H3/t;;;8-,9+;8-,9-;;;;;/m....1...../s1. The van der Waals surface area contributed by atoms with E-state index in [1.54, 1.807) is 0 Å². The summed E-state index contributed by atoms with van der Waals surface area (Å²) in [5.74, 6) is 11.0. The van der Waals surface area contributed by atoms with Crippen LogP contribution in [-0.2, 0) is 0 Å². The van der Waals surface area contributed by atoms with Gasteiger partial charge in [-0.2, -0.15) is 0 Å². The molecule has 20 heteroatoms. The van der Waals surface area contributed by atoms with Crippen LogP contribution in [0.1, 0.15) is 311 Å². The second-order valence-electron chi connectivity index (χ2n) is 52.1. The lowest BCUT2D eigenvalue weighted by molar-refractivity contribution is 0.0187. The zero-order valence-electron chi connectivity index (χ0n) is 83.5. The van der Waals surface area contributed by atoms with Gasteiger partial charge in [-0.25, -0.2) is 0 Å². The highest BCUT2D eigenvalue weighted by molar-refractivity contribution is 5.13. The fourth-order valence-corrected chi connectivity index (χ4v) is 21.4. The van der Waals surface area contributed by atoms with Crippen molar-refractivity contribution >= 4 is 0 Å². The molecule has 0 bridgehead atoms. The van der Waals surface area contributed by atoms with E-state index >= 15 is 0 Å². The molecule has 18 unspecified atom stereocenters. The first kappa shape index (κ1) is 105. The fraction of sp³-hybridized carbons (Fsp3) is 1.00. The van der Waals surface area contributed by atoms with Crippen LogP contribution in [0.25, 0.3) is 0 Å². The van der Waals surface area contributed by atoms with Crippen LogP contribution in [0, 0.1) is 93.7 Å². The maximum atomic E-state index is 9.99. The van der Waals surface area contributed by atoms with Crippen molar-refractivity contribution in [3.8, 4) is 0 Å². The monoisotopic (exact) mass is 1700 g/mol. The summed E-state index contributed by atoms with van der Waals surface area (Å²) in [6.07, 6.45) is 12.9. The molecular formula is C100H197N11O9. The Morgan fingerprint density at radius 3 is 1.02 bits per heavy atom. The van der Waals surface area contributed by atoms with Gasteiger partial charge in [-0.05, 0) is 366 Å². The van der Waals surface area contributed by atoms with E-state index in [9.17, 15) is 40.9 Å². The van der Waals surface area contributed by atoms with Gasteiger partial charge in [0.25, 0.3) is 0 Å². The van der Waals surface area contributed by atoms with Crippen molar-refractivity contribution in [2.75, 3.05) is 124 Å². The van der Waals surface area contributed by atoms with Crippen molar-refractivity contribution in [1.82, 2.24) is 44.1 Å². The van der Waals surface area contributed by atoms with E-state index < -0.39 is 24.4 Å². The predicted molar refractivity (Wildman–Crippen MR) is 498 cm³/mol. The molecule has 0 aromatic rings. The average molecular weight is 1700 g/mol. The molecule has 8 saturated carbocycles. The number of aliphatic hydroxyl groups is 9. The Morgan fingerprint density at radius 2 is 0.658 bits per heavy atom. The maximum Gasteiger partial charge on any atom is 0.0811 e. The number of hydrogen-bond acceptors (Lipinski definition) is 20. The molecule has 120 heavy (non-hydrogen) atoms. The largest absolute Gasteiger partial charge is 0.396 e. The van der Waals surface area contributed by atoms with Crippen LogP contribution in [0.4, 0.5) is 0 Å². The molecule has 0 aromatic heterocycles. The topological polar surface area (TPSA) is 263 Å². The van der Waals surface area contributed by atoms with E-state index in [-0.39, 0.29) is 52.1 Å². The van der Waals surface area contributed by atoms with Crippen molar-refractivity contribution in [2.45, 2.75) is 421 Å². The van der Waals surface area contributed by atoms with Crippen LogP contribution in [0.3, 0.4) is 0 Å². The van der Waals surface area contributed by atoms with Gasteiger partial charge in [0.2, 0.25) is 0 Å². The summed E-state index contributed by atoms with van der Waals surface area (Å²) in [4.78, 5) is 22.5. The third-order valence-corrected chi connectivity index (χ3v) is 32.4. The van der Waals surface area contributed by atoms with E-state index in [0.717, 1.165) is 157 Å². The van der Waals surface area contributed by atoms with E-state index in [1.807, 2.05) is 0 Å². The first-order chi connectivity index (χ1) is 54.7. The number of nitrogens with zero attached hydrogens (tertiary/aromatic N) is 9. The van der Waals surface area contributed by atoms with E-state index in [4.69, 9.17) is 16.6 Å². The highest BCUT2D eigenvalue weighted by atomic mass is 16.3. The molecular weight excluding hydrogens is 1500 g/mol. The van der Waals surface area contributed by atoms with Crippen molar-refractivity contribution in [1.29, 1.82) is 0 Å². The Hall–Kier alpha value is -0.800. The predicted octanol–water partition coefficient (Wildman–Crippen LogP) is 12.4. The smallest absolute Gasteiger partial charge is 0.0811 e. The number of hydrogen-bond donors (Lipinski definition) is 11. The number of likely N-dealkylation sites (tertiary alicyclic amines) is 9. The molecule has 17 rings (SSSR count). The normalized spacial score (nSPS) is 39.7. The van der Waals surface area contributed by atoms with Gasteiger partial charge in [0, 0.05) is 198 Å². The molecule has 17 aliphatic rings. The summed E-state index contributed by atoms with van der Waals surface area (Å²) < 4.78 is 0. The van der Waals surface area contributed by atoms with Crippen molar-refractivity contribution in [3.63, 3.8) is 0 Å². The van der Waals surface area contributed by atoms with Gasteiger partial charge in [0.1, 0.15) is 0 Å². The van der Waals surface area contributed by atoms with Gasteiger partial charge >= 0.3 is 0 Å². The summed E-state index contributed by atoms with van der Waals surface area (Å²) in [7, 11) is 0. The minimum atomic E-state index is -0.535. The molecule has 0 spiro atoms. The van der Waals surface area contributed by atoms with Gasteiger partial charge in [0.15, 0.2) is 0 Å². The van der Waals surface area contributed by atoms with Crippen LogP contribution in [0.2, 0.25) is 0 Å². The molecule has 706 valence electrons. The lowest BCUT2D eigenvalue weighted by Crippen LogP contribution is -2.42. The van der Waals surface area contributed by atoms with E-state index in [2.05, 4.69) is 259 Å². The van der Waals surface area contributed by atoms with Gasteiger partial charge in [-0.1, -0.05) is 27.7 Å². The Labute approximate surface area is 736 Å². The third-order valence-electron chi connectivity index (χ3n) is 32.4. The van der Waals surface area contributed by atoms with Crippen LogP contribution >= 0.6 is 0 Å². The summed E-state index contributed by atoms with van der Waals surface area (Å²) in [5, 5.41) is 85.5. The van der Waals surface area contributed by atoms with E-state index in [0.29, 0.717) is 106 Å². The Morgan fingerprint density at radius 1 is 0.317 bits per heavy atom. The molecule has 0 radical (unpaired) electrons. The summed E-state index contributed by atoms with van der Waals surface area (Å²) in [6, 6.07) is 0.543. The molecule has 9 saturated heterocycles. The Bertz CT molecular complexity index is 2860. The van der Waals surface area contributed by atoms with Crippen LogP contribution < -0.4 is 11.5 Å². The molecule has 13 N–H and O–H groups in total. The number of aliphatic hydroxyl groups excluding tert-OH is 8. The first-order valence-corrected chi connectivity index (χ1v) is 49.0. The molecule has 17 fully saturated rings. The molecule has 22 atom stereocenters. The molecule has 0 amide bonds. The van der Waals surface area contributed by atoms with Gasteiger partial charge in [-0.15, -0.1) is 0 Å². The minimum absolute atomic E-state index is 0.00681. The van der Waals surface area contributed by atoms with Crippen LogP contribution in [-0.4, -0.2) is 325 Å². The Balaban J connectivity index is 0.000000166. The van der Waals surface area contributed by atoms with Gasteiger partial charge in [-0.3, -0.25) is 44.1 Å². The average Bonchev–Trinajstić information content (AvgIpc) is 1.46. The minimum Gasteiger partial charge on any atom is -0.396 e. The molecule has 8 aliphatic carbocycles. The third kappa shape index (κ3) is 30.4. The second kappa shape index (κ2) is 40.1.